The zero-order chi connectivity index (χ0) is 12.7. The standard InChI is InChI=1S/C14H24N2O/c1-5-6-17-14-8-13(7-12(4)16-14)10-15-9-11(2)3/h7-8,11,15H,5-6,9-10H2,1-4H3. The number of aromatic nitrogens is 1. The van der Waals surface area contributed by atoms with Gasteiger partial charge in [0, 0.05) is 18.3 Å². The molecule has 0 spiro atoms. The first kappa shape index (κ1) is 14.0. The second-order valence-corrected chi connectivity index (χ2v) is 4.83. The molecule has 0 fully saturated rings. The second kappa shape index (κ2) is 7.28. The van der Waals surface area contributed by atoms with E-state index in [4.69, 9.17) is 4.74 Å². The van der Waals surface area contributed by atoms with Gasteiger partial charge < -0.3 is 10.1 Å². The summed E-state index contributed by atoms with van der Waals surface area (Å²) in [6.07, 6.45) is 1.01. The van der Waals surface area contributed by atoms with Crippen LogP contribution in [-0.2, 0) is 6.54 Å². The summed E-state index contributed by atoms with van der Waals surface area (Å²) in [5, 5.41) is 3.43. The molecule has 0 atom stereocenters. The number of hydrogen-bond acceptors (Lipinski definition) is 3. The molecule has 3 nitrogen and oxygen atoms in total. The highest BCUT2D eigenvalue weighted by molar-refractivity contribution is 5.24. The molecule has 0 saturated heterocycles. The Hall–Kier alpha value is -1.09. The molecule has 17 heavy (non-hydrogen) atoms. The van der Waals surface area contributed by atoms with Gasteiger partial charge in [0.2, 0.25) is 5.88 Å². The average molecular weight is 236 g/mol. The molecule has 0 aliphatic rings. The van der Waals surface area contributed by atoms with Crippen molar-refractivity contribution in [1.29, 1.82) is 0 Å². The van der Waals surface area contributed by atoms with Gasteiger partial charge in [0.05, 0.1) is 6.61 Å². The third-order valence-corrected chi connectivity index (χ3v) is 2.33. The number of nitrogens with one attached hydrogen (secondary N) is 1. The first-order valence-electron chi connectivity index (χ1n) is 6.43. The van der Waals surface area contributed by atoms with Crippen molar-refractivity contribution in [1.82, 2.24) is 10.3 Å². The number of rotatable bonds is 7. The number of pyridine rings is 1. The van der Waals surface area contributed by atoms with Crippen LogP contribution in [0.25, 0.3) is 0 Å². The van der Waals surface area contributed by atoms with Crippen molar-refractivity contribution in [3.8, 4) is 5.88 Å². The largest absolute Gasteiger partial charge is 0.478 e. The fraction of sp³-hybridized carbons (Fsp3) is 0.643. The highest BCUT2D eigenvalue weighted by atomic mass is 16.5. The molecule has 0 bridgehead atoms. The van der Waals surface area contributed by atoms with Gasteiger partial charge in [0.1, 0.15) is 0 Å². The summed E-state index contributed by atoms with van der Waals surface area (Å²) < 4.78 is 5.57. The monoisotopic (exact) mass is 236 g/mol. The molecule has 1 N–H and O–H groups in total. The SMILES string of the molecule is CCCOc1cc(CNCC(C)C)cc(C)n1. The fourth-order valence-corrected chi connectivity index (χ4v) is 1.59. The highest BCUT2D eigenvalue weighted by Gasteiger charge is 2.01. The molecular formula is C14H24N2O. The molecular weight excluding hydrogens is 212 g/mol. The number of hydrogen-bond donors (Lipinski definition) is 1. The van der Waals surface area contributed by atoms with E-state index in [1.54, 1.807) is 0 Å². The molecule has 0 aliphatic carbocycles. The minimum atomic E-state index is 0.675. The summed E-state index contributed by atoms with van der Waals surface area (Å²) >= 11 is 0. The summed E-state index contributed by atoms with van der Waals surface area (Å²) in [7, 11) is 0. The third-order valence-electron chi connectivity index (χ3n) is 2.33. The lowest BCUT2D eigenvalue weighted by Crippen LogP contribution is -2.19. The Morgan fingerprint density at radius 2 is 2.12 bits per heavy atom. The van der Waals surface area contributed by atoms with Crippen LogP contribution in [0, 0.1) is 12.8 Å². The molecule has 3 heteroatoms. The van der Waals surface area contributed by atoms with E-state index in [0.717, 1.165) is 37.7 Å². The van der Waals surface area contributed by atoms with E-state index in [0.29, 0.717) is 5.92 Å². The van der Waals surface area contributed by atoms with Gasteiger partial charge in [-0.25, -0.2) is 4.98 Å². The summed E-state index contributed by atoms with van der Waals surface area (Å²) in [6.45, 7) is 11.2. The van der Waals surface area contributed by atoms with E-state index in [2.05, 4.69) is 37.1 Å². The molecule has 0 aromatic carbocycles. The maximum Gasteiger partial charge on any atom is 0.213 e. The molecule has 1 heterocycles. The number of nitrogens with zero attached hydrogens (tertiary/aromatic N) is 1. The predicted molar refractivity (Wildman–Crippen MR) is 71.3 cm³/mol. The predicted octanol–water partition coefficient (Wildman–Crippen LogP) is 2.92. The van der Waals surface area contributed by atoms with Gasteiger partial charge >= 0.3 is 0 Å². The molecule has 0 aliphatic heterocycles. The quantitative estimate of drug-likeness (QED) is 0.790. The Balaban J connectivity index is 2.55. The Bertz CT molecular complexity index is 337. The Kier molecular flexibility index (Phi) is 5.98. The molecule has 96 valence electrons. The van der Waals surface area contributed by atoms with Crippen LogP contribution in [-0.4, -0.2) is 18.1 Å². The summed E-state index contributed by atoms with van der Waals surface area (Å²) in [5.41, 5.74) is 2.25. The maximum atomic E-state index is 5.57. The highest BCUT2D eigenvalue weighted by Crippen LogP contribution is 2.12. The van der Waals surface area contributed by atoms with E-state index in [-0.39, 0.29) is 0 Å². The number of ether oxygens (including phenoxy) is 1. The normalized spacial score (nSPS) is 10.9. The summed E-state index contributed by atoms with van der Waals surface area (Å²) in [5.74, 6) is 1.42. The minimum Gasteiger partial charge on any atom is -0.478 e. The van der Waals surface area contributed by atoms with Crippen LogP contribution in [0.4, 0.5) is 0 Å². The van der Waals surface area contributed by atoms with Crippen LogP contribution in [0.2, 0.25) is 0 Å². The smallest absolute Gasteiger partial charge is 0.213 e. The van der Waals surface area contributed by atoms with Crippen LogP contribution in [0.15, 0.2) is 12.1 Å². The van der Waals surface area contributed by atoms with Crippen LogP contribution >= 0.6 is 0 Å². The summed E-state index contributed by atoms with van der Waals surface area (Å²) in [4.78, 5) is 4.36. The number of aryl methyl sites for hydroxylation is 1. The van der Waals surface area contributed by atoms with Crippen molar-refractivity contribution in [2.45, 2.75) is 40.7 Å². The first-order chi connectivity index (χ1) is 8.11. The van der Waals surface area contributed by atoms with Crippen molar-refractivity contribution >= 4 is 0 Å². The Morgan fingerprint density at radius 1 is 1.35 bits per heavy atom. The van der Waals surface area contributed by atoms with E-state index < -0.39 is 0 Å². The minimum absolute atomic E-state index is 0.675. The molecule has 0 amide bonds. The fourth-order valence-electron chi connectivity index (χ4n) is 1.59. The third kappa shape index (κ3) is 5.68. The van der Waals surface area contributed by atoms with Gasteiger partial charge in [-0.1, -0.05) is 20.8 Å². The van der Waals surface area contributed by atoms with Crippen LogP contribution in [0.3, 0.4) is 0 Å². The van der Waals surface area contributed by atoms with Crippen LogP contribution in [0.1, 0.15) is 38.4 Å². The van der Waals surface area contributed by atoms with Crippen LogP contribution in [0.5, 0.6) is 5.88 Å². The topological polar surface area (TPSA) is 34.1 Å². The van der Waals surface area contributed by atoms with E-state index >= 15 is 0 Å². The Labute approximate surface area is 105 Å². The molecule has 1 aromatic heterocycles. The first-order valence-corrected chi connectivity index (χ1v) is 6.43. The van der Waals surface area contributed by atoms with Crippen molar-refractivity contribution in [2.24, 2.45) is 5.92 Å². The average Bonchev–Trinajstić information content (AvgIpc) is 2.25. The van der Waals surface area contributed by atoms with E-state index in [1.165, 1.54) is 5.56 Å². The maximum absolute atomic E-state index is 5.57. The molecule has 1 aromatic rings. The molecule has 0 saturated carbocycles. The lowest BCUT2D eigenvalue weighted by molar-refractivity contribution is 0.304. The zero-order valence-corrected chi connectivity index (χ0v) is 11.4. The second-order valence-electron chi connectivity index (χ2n) is 4.83. The summed E-state index contributed by atoms with van der Waals surface area (Å²) in [6, 6.07) is 4.13. The lowest BCUT2D eigenvalue weighted by Gasteiger charge is -2.10. The van der Waals surface area contributed by atoms with Gasteiger partial charge in [0.15, 0.2) is 0 Å². The Morgan fingerprint density at radius 3 is 2.76 bits per heavy atom. The molecule has 0 radical (unpaired) electrons. The molecule has 0 unspecified atom stereocenters. The van der Waals surface area contributed by atoms with E-state index in [9.17, 15) is 0 Å². The van der Waals surface area contributed by atoms with Crippen molar-refractivity contribution in [3.05, 3.63) is 23.4 Å². The lowest BCUT2D eigenvalue weighted by atomic mass is 10.2. The van der Waals surface area contributed by atoms with E-state index in [1.807, 2.05) is 13.0 Å². The van der Waals surface area contributed by atoms with Gasteiger partial charge in [-0.2, -0.15) is 0 Å². The zero-order valence-electron chi connectivity index (χ0n) is 11.4. The van der Waals surface area contributed by atoms with Gasteiger partial charge in [-0.3, -0.25) is 0 Å². The van der Waals surface area contributed by atoms with Crippen LogP contribution < -0.4 is 10.1 Å². The van der Waals surface area contributed by atoms with Crippen molar-refractivity contribution in [2.75, 3.05) is 13.2 Å². The van der Waals surface area contributed by atoms with Crippen molar-refractivity contribution < 1.29 is 4.74 Å². The van der Waals surface area contributed by atoms with Gasteiger partial charge in [0.25, 0.3) is 0 Å². The van der Waals surface area contributed by atoms with Gasteiger partial charge in [-0.15, -0.1) is 0 Å². The molecule has 1 rings (SSSR count). The van der Waals surface area contributed by atoms with Gasteiger partial charge in [-0.05, 0) is 37.4 Å². The van der Waals surface area contributed by atoms with Crippen molar-refractivity contribution in [3.63, 3.8) is 0 Å².